The van der Waals surface area contributed by atoms with E-state index in [4.69, 9.17) is 13.9 Å². The number of furan rings is 1. The molecule has 4 nitrogen and oxygen atoms in total. The lowest BCUT2D eigenvalue weighted by Crippen LogP contribution is -2.13. The number of anilines is 3. The van der Waals surface area contributed by atoms with Crippen molar-refractivity contribution in [2.24, 2.45) is 0 Å². The summed E-state index contributed by atoms with van der Waals surface area (Å²) in [5.74, 6) is 2.20. The maximum absolute atomic E-state index is 5.85. The lowest BCUT2D eigenvalue weighted by molar-refractivity contribution is 0.395. The molecule has 25 heavy (non-hydrogen) atoms. The SMILES string of the molecule is COc1cc(C)cc(OC)c1N1c2ccccc2C=Cc2ccoc21. The van der Waals surface area contributed by atoms with Crippen LogP contribution in [0.5, 0.6) is 11.5 Å². The minimum atomic E-state index is 0.732. The third-order valence-electron chi connectivity index (χ3n) is 4.35. The number of aryl methyl sites for hydroxylation is 1. The Bertz CT molecular complexity index is 930. The van der Waals surface area contributed by atoms with Crippen LogP contribution < -0.4 is 14.4 Å². The molecule has 126 valence electrons. The van der Waals surface area contributed by atoms with E-state index in [2.05, 4.69) is 29.2 Å². The van der Waals surface area contributed by atoms with Gasteiger partial charge in [-0.2, -0.15) is 0 Å². The molecule has 0 saturated heterocycles. The Morgan fingerprint density at radius 2 is 1.56 bits per heavy atom. The number of benzene rings is 2. The molecule has 0 atom stereocenters. The van der Waals surface area contributed by atoms with Crippen molar-refractivity contribution in [2.45, 2.75) is 6.92 Å². The fraction of sp³-hybridized carbons (Fsp3) is 0.143. The van der Waals surface area contributed by atoms with Gasteiger partial charge in [0.25, 0.3) is 0 Å². The number of para-hydroxylation sites is 1. The van der Waals surface area contributed by atoms with Gasteiger partial charge in [-0.25, -0.2) is 0 Å². The monoisotopic (exact) mass is 333 g/mol. The molecule has 0 saturated carbocycles. The number of methoxy groups -OCH3 is 2. The van der Waals surface area contributed by atoms with Gasteiger partial charge < -0.3 is 13.9 Å². The number of rotatable bonds is 3. The van der Waals surface area contributed by atoms with Crippen LogP contribution in [0.15, 0.2) is 53.1 Å². The summed E-state index contributed by atoms with van der Waals surface area (Å²) in [5, 5.41) is 0. The molecule has 0 N–H and O–H groups in total. The molecule has 2 heterocycles. The molecule has 0 bridgehead atoms. The Balaban J connectivity index is 2.06. The largest absolute Gasteiger partial charge is 0.494 e. The molecule has 0 spiro atoms. The van der Waals surface area contributed by atoms with Crippen LogP contribution in [-0.4, -0.2) is 14.2 Å². The summed E-state index contributed by atoms with van der Waals surface area (Å²) in [4.78, 5) is 2.06. The van der Waals surface area contributed by atoms with E-state index in [0.717, 1.165) is 45.4 Å². The van der Waals surface area contributed by atoms with Gasteiger partial charge in [0, 0.05) is 5.56 Å². The van der Waals surface area contributed by atoms with Crippen LogP contribution in [0, 0.1) is 6.92 Å². The van der Waals surface area contributed by atoms with Gasteiger partial charge >= 0.3 is 0 Å². The predicted molar refractivity (Wildman–Crippen MR) is 100 cm³/mol. The van der Waals surface area contributed by atoms with E-state index < -0.39 is 0 Å². The summed E-state index contributed by atoms with van der Waals surface area (Å²) in [6, 6.07) is 14.1. The second-order valence-corrected chi connectivity index (χ2v) is 5.93. The number of hydrogen-bond donors (Lipinski definition) is 0. The minimum Gasteiger partial charge on any atom is -0.494 e. The second kappa shape index (κ2) is 6.06. The van der Waals surface area contributed by atoms with Crippen molar-refractivity contribution in [3.63, 3.8) is 0 Å². The van der Waals surface area contributed by atoms with Crippen LogP contribution in [0.25, 0.3) is 12.2 Å². The Morgan fingerprint density at radius 3 is 2.28 bits per heavy atom. The van der Waals surface area contributed by atoms with Crippen LogP contribution >= 0.6 is 0 Å². The third kappa shape index (κ3) is 2.47. The van der Waals surface area contributed by atoms with Crippen LogP contribution in [0.2, 0.25) is 0 Å². The van der Waals surface area contributed by atoms with Gasteiger partial charge in [-0.3, -0.25) is 4.90 Å². The molecule has 2 aromatic carbocycles. The van der Waals surface area contributed by atoms with Gasteiger partial charge in [-0.1, -0.05) is 24.3 Å². The molecule has 4 rings (SSSR count). The first-order chi connectivity index (χ1) is 12.2. The highest BCUT2D eigenvalue weighted by atomic mass is 16.5. The van der Waals surface area contributed by atoms with Crippen molar-refractivity contribution in [1.29, 1.82) is 0 Å². The van der Waals surface area contributed by atoms with Gasteiger partial charge in [0.05, 0.1) is 26.2 Å². The fourth-order valence-electron chi connectivity index (χ4n) is 3.21. The van der Waals surface area contributed by atoms with Gasteiger partial charge in [0.2, 0.25) is 5.88 Å². The molecule has 0 aliphatic carbocycles. The van der Waals surface area contributed by atoms with Gasteiger partial charge in [-0.05, 0) is 48.4 Å². The highest BCUT2D eigenvalue weighted by Gasteiger charge is 2.28. The second-order valence-electron chi connectivity index (χ2n) is 5.93. The molecular weight excluding hydrogens is 314 g/mol. The molecule has 0 unspecified atom stereocenters. The first-order valence-corrected chi connectivity index (χ1v) is 8.10. The zero-order valence-electron chi connectivity index (χ0n) is 14.4. The molecule has 0 fully saturated rings. The number of ether oxygens (including phenoxy) is 2. The topological polar surface area (TPSA) is 34.8 Å². The zero-order chi connectivity index (χ0) is 17.4. The summed E-state index contributed by atoms with van der Waals surface area (Å²) in [7, 11) is 3.34. The summed E-state index contributed by atoms with van der Waals surface area (Å²) >= 11 is 0. The molecule has 4 heteroatoms. The van der Waals surface area contributed by atoms with Crippen molar-refractivity contribution in [1.82, 2.24) is 0 Å². The van der Waals surface area contributed by atoms with Gasteiger partial charge in [-0.15, -0.1) is 0 Å². The smallest absolute Gasteiger partial charge is 0.211 e. The number of hydrogen-bond acceptors (Lipinski definition) is 4. The van der Waals surface area contributed by atoms with Crippen molar-refractivity contribution < 1.29 is 13.9 Å². The van der Waals surface area contributed by atoms with E-state index in [1.165, 1.54) is 0 Å². The number of fused-ring (bicyclic) bond motifs is 2. The third-order valence-corrected chi connectivity index (χ3v) is 4.35. The molecular formula is C21H19NO3. The Labute approximate surface area is 146 Å². The van der Waals surface area contributed by atoms with Crippen LogP contribution in [0.4, 0.5) is 17.3 Å². The minimum absolute atomic E-state index is 0.732. The Morgan fingerprint density at radius 1 is 0.880 bits per heavy atom. The predicted octanol–water partition coefficient (Wildman–Crippen LogP) is 5.56. The molecule has 1 aromatic heterocycles. The maximum Gasteiger partial charge on any atom is 0.211 e. The fourth-order valence-corrected chi connectivity index (χ4v) is 3.21. The lowest BCUT2D eigenvalue weighted by atomic mass is 10.1. The lowest BCUT2D eigenvalue weighted by Gasteiger charge is -2.27. The molecule has 1 aliphatic heterocycles. The van der Waals surface area contributed by atoms with Gasteiger partial charge in [0.15, 0.2) is 0 Å². The van der Waals surface area contributed by atoms with Crippen LogP contribution in [0.1, 0.15) is 16.7 Å². The summed E-state index contributed by atoms with van der Waals surface area (Å²) in [6.07, 6.45) is 5.85. The molecule has 0 amide bonds. The maximum atomic E-state index is 5.85. The van der Waals surface area contributed by atoms with Crippen molar-refractivity contribution in [3.05, 3.63) is 65.4 Å². The van der Waals surface area contributed by atoms with E-state index in [1.54, 1.807) is 20.5 Å². The standard InChI is InChI=1S/C21H19NO3/c1-14-12-18(23-2)20(19(13-14)24-3)22-17-7-5-4-6-15(17)8-9-16-10-11-25-21(16)22/h4-13H,1-3H3. The van der Waals surface area contributed by atoms with Gasteiger partial charge in [0.1, 0.15) is 17.2 Å². The molecule has 3 aromatic rings. The highest BCUT2D eigenvalue weighted by molar-refractivity contribution is 5.94. The van der Waals surface area contributed by atoms with Crippen molar-refractivity contribution >= 4 is 29.4 Å². The van der Waals surface area contributed by atoms with E-state index in [0.29, 0.717) is 0 Å². The average molecular weight is 333 g/mol. The van der Waals surface area contributed by atoms with Crippen molar-refractivity contribution in [2.75, 3.05) is 19.1 Å². The summed E-state index contributed by atoms with van der Waals surface area (Å²) < 4.78 is 17.2. The van der Waals surface area contributed by atoms with E-state index in [1.807, 2.05) is 37.3 Å². The van der Waals surface area contributed by atoms with Crippen LogP contribution in [0.3, 0.4) is 0 Å². The van der Waals surface area contributed by atoms with Crippen LogP contribution in [-0.2, 0) is 0 Å². The highest BCUT2D eigenvalue weighted by Crippen LogP contribution is 2.50. The first kappa shape index (κ1) is 15.4. The normalized spacial score (nSPS) is 12.4. The Hall–Kier alpha value is -3.14. The number of nitrogens with zero attached hydrogens (tertiary/aromatic N) is 1. The van der Waals surface area contributed by atoms with E-state index >= 15 is 0 Å². The molecule has 0 radical (unpaired) electrons. The van der Waals surface area contributed by atoms with Crippen molar-refractivity contribution in [3.8, 4) is 11.5 Å². The quantitative estimate of drug-likeness (QED) is 0.492. The van der Waals surface area contributed by atoms with E-state index in [9.17, 15) is 0 Å². The van der Waals surface area contributed by atoms with E-state index in [-0.39, 0.29) is 0 Å². The molecule has 1 aliphatic rings. The first-order valence-electron chi connectivity index (χ1n) is 8.10. The summed E-state index contributed by atoms with van der Waals surface area (Å²) in [6.45, 7) is 2.02. The summed E-state index contributed by atoms with van der Waals surface area (Å²) in [5.41, 5.74) is 4.99. The Kier molecular flexibility index (Phi) is 3.73. The zero-order valence-corrected chi connectivity index (χ0v) is 14.4. The average Bonchev–Trinajstić information content (AvgIpc) is 3.04.